The van der Waals surface area contributed by atoms with E-state index >= 15 is 0 Å². The molecule has 2 aliphatic heterocycles. The Kier molecular flexibility index (Phi) is 5.90. The molecular weight excluding hydrogens is 387 g/mol. The van der Waals surface area contributed by atoms with Gasteiger partial charge in [0.15, 0.2) is 0 Å². The van der Waals surface area contributed by atoms with E-state index in [-0.39, 0.29) is 16.7 Å². The van der Waals surface area contributed by atoms with Gasteiger partial charge in [0.25, 0.3) is 5.91 Å². The molecule has 29 heavy (non-hydrogen) atoms. The van der Waals surface area contributed by atoms with Crippen LogP contribution in [0.25, 0.3) is 0 Å². The van der Waals surface area contributed by atoms with Crippen molar-refractivity contribution in [2.45, 2.75) is 30.6 Å². The maximum absolute atomic E-state index is 13.6. The van der Waals surface area contributed by atoms with Crippen molar-refractivity contribution < 1.29 is 14.0 Å². The summed E-state index contributed by atoms with van der Waals surface area (Å²) in [5, 5.41) is 0. The van der Waals surface area contributed by atoms with Gasteiger partial charge in [0.2, 0.25) is 5.91 Å². The van der Waals surface area contributed by atoms with Crippen LogP contribution in [0.5, 0.6) is 0 Å². The Balaban J connectivity index is 1.37. The number of nitrogens with zero attached hydrogens (tertiary/aromatic N) is 2. The van der Waals surface area contributed by atoms with Crippen molar-refractivity contribution >= 4 is 23.6 Å². The van der Waals surface area contributed by atoms with E-state index in [1.807, 2.05) is 40.1 Å². The van der Waals surface area contributed by atoms with Crippen LogP contribution in [0.3, 0.4) is 0 Å². The minimum Gasteiger partial charge on any atom is -0.342 e. The van der Waals surface area contributed by atoms with Crippen LogP contribution in [0.1, 0.15) is 35.2 Å². The molecule has 4 nitrogen and oxygen atoms in total. The number of halogens is 1. The third kappa shape index (κ3) is 4.32. The van der Waals surface area contributed by atoms with Gasteiger partial charge in [-0.15, -0.1) is 11.8 Å². The third-order valence-electron chi connectivity index (χ3n) is 5.86. The van der Waals surface area contributed by atoms with E-state index in [4.69, 9.17) is 0 Å². The van der Waals surface area contributed by atoms with Gasteiger partial charge in [0.1, 0.15) is 5.82 Å². The Hall–Kier alpha value is -2.34. The molecule has 0 radical (unpaired) electrons. The summed E-state index contributed by atoms with van der Waals surface area (Å²) in [6.45, 7) is 1.99. The summed E-state index contributed by atoms with van der Waals surface area (Å²) < 4.78 is 13.6. The molecule has 6 heteroatoms. The van der Waals surface area contributed by atoms with Crippen LogP contribution in [-0.2, 0) is 11.2 Å². The smallest absolute Gasteiger partial charge is 0.255 e. The van der Waals surface area contributed by atoms with Gasteiger partial charge < -0.3 is 9.80 Å². The lowest BCUT2D eigenvalue weighted by atomic mass is 10.00. The number of carbonyl (C=O) groups excluding carboxylic acids is 2. The largest absolute Gasteiger partial charge is 0.342 e. The molecule has 0 unspecified atom stereocenters. The summed E-state index contributed by atoms with van der Waals surface area (Å²) in [5.41, 5.74) is 1.57. The van der Waals surface area contributed by atoms with Crippen LogP contribution in [0.2, 0.25) is 0 Å². The first kappa shape index (κ1) is 20.0. The lowest BCUT2D eigenvalue weighted by Gasteiger charge is -2.44. The van der Waals surface area contributed by atoms with Crippen molar-refractivity contribution in [1.82, 2.24) is 9.80 Å². The monoisotopic (exact) mass is 412 g/mol. The van der Waals surface area contributed by atoms with Crippen molar-refractivity contribution in [2.75, 3.05) is 25.4 Å². The Labute approximate surface area is 175 Å². The molecule has 2 heterocycles. The van der Waals surface area contributed by atoms with E-state index in [9.17, 15) is 14.0 Å². The summed E-state index contributed by atoms with van der Waals surface area (Å²) in [4.78, 5) is 29.2. The van der Waals surface area contributed by atoms with Gasteiger partial charge in [-0.05, 0) is 43.0 Å². The Bertz CT molecular complexity index is 881. The second-order valence-electron chi connectivity index (χ2n) is 7.63. The zero-order chi connectivity index (χ0) is 20.3. The highest BCUT2D eigenvalue weighted by Crippen LogP contribution is 2.44. The summed E-state index contributed by atoms with van der Waals surface area (Å²) in [7, 11) is 0. The lowest BCUT2D eigenvalue weighted by Crippen LogP contribution is -2.53. The van der Waals surface area contributed by atoms with Gasteiger partial charge >= 0.3 is 0 Å². The SMILES string of the molecule is O=C(CCc1ccccc1)N1CCC2(CC1)SCCN2C(=O)c1cccc(F)c1. The fraction of sp³-hybridized carbons (Fsp3) is 0.391. The van der Waals surface area contributed by atoms with Gasteiger partial charge in [-0.1, -0.05) is 36.4 Å². The zero-order valence-electron chi connectivity index (χ0n) is 16.4. The fourth-order valence-electron chi connectivity index (χ4n) is 4.25. The highest BCUT2D eigenvalue weighted by Gasteiger charge is 2.47. The standard InChI is InChI=1S/C23H25FN2O2S/c24-20-8-4-7-19(17-20)22(28)26-15-16-29-23(26)11-13-25(14-12-23)21(27)10-9-18-5-2-1-3-6-18/h1-8,17H,9-16H2. The number of rotatable bonds is 4. The average Bonchev–Trinajstić information content (AvgIpc) is 3.15. The molecule has 0 atom stereocenters. The van der Waals surface area contributed by atoms with E-state index in [0.717, 1.165) is 25.0 Å². The molecule has 2 amide bonds. The highest BCUT2D eigenvalue weighted by molar-refractivity contribution is 8.00. The number of piperidine rings is 1. The number of likely N-dealkylation sites (tertiary alicyclic amines) is 1. The topological polar surface area (TPSA) is 40.6 Å². The molecule has 2 saturated heterocycles. The zero-order valence-corrected chi connectivity index (χ0v) is 17.2. The van der Waals surface area contributed by atoms with Gasteiger partial charge in [-0.25, -0.2) is 4.39 Å². The van der Waals surface area contributed by atoms with Crippen LogP contribution >= 0.6 is 11.8 Å². The predicted octanol–water partition coefficient (Wildman–Crippen LogP) is 3.97. The highest BCUT2D eigenvalue weighted by atomic mass is 32.2. The first-order chi connectivity index (χ1) is 14.1. The second kappa shape index (κ2) is 8.57. The number of hydrogen-bond donors (Lipinski definition) is 0. The van der Waals surface area contributed by atoms with Gasteiger partial charge in [-0.3, -0.25) is 9.59 Å². The van der Waals surface area contributed by atoms with Crippen molar-refractivity contribution in [2.24, 2.45) is 0 Å². The molecule has 152 valence electrons. The molecule has 2 fully saturated rings. The minimum absolute atomic E-state index is 0.113. The van der Waals surface area contributed by atoms with Gasteiger partial charge in [0, 0.05) is 37.4 Å². The lowest BCUT2D eigenvalue weighted by molar-refractivity contribution is -0.132. The number of amides is 2. The summed E-state index contributed by atoms with van der Waals surface area (Å²) in [5.74, 6) is 0.548. The number of hydrogen-bond acceptors (Lipinski definition) is 3. The van der Waals surface area contributed by atoms with E-state index in [1.165, 1.54) is 17.7 Å². The second-order valence-corrected chi connectivity index (χ2v) is 9.09. The van der Waals surface area contributed by atoms with E-state index < -0.39 is 5.82 Å². The molecule has 2 aromatic rings. The van der Waals surface area contributed by atoms with Crippen LogP contribution in [-0.4, -0.2) is 51.9 Å². The molecule has 0 aliphatic carbocycles. The fourth-order valence-corrected chi connectivity index (χ4v) is 5.70. The van der Waals surface area contributed by atoms with Gasteiger partial charge in [-0.2, -0.15) is 0 Å². The average molecular weight is 413 g/mol. The number of aryl methyl sites for hydroxylation is 1. The first-order valence-corrected chi connectivity index (χ1v) is 11.1. The van der Waals surface area contributed by atoms with E-state index in [1.54, 1.807) is 23.9 Å². The van der Waals surface area contributed by atoms with Crippen molar-refractivity contribution in [3.05, 3.63) is 71.5 Å². The normalized spacial score (nSPS) is 18.2. The number of carbonyl (C=O) groups is 2. The van der Waals surface area contributed by atoms with Crippen molar-refractivity contribution in [3.8, 4) is 0 Å². The summed E-state index contributed by atoms with van der Waals surface area (Å²) in [6, 6.07) is 16.0. The molecule has 0 aromatic heterocycles. The summed E-state index contributed by atoms with van der Waals surface area (Å²) in [6.07, 6.45) is 2.78. The number of benzene rings is 2. The summed E-state index contributed by atoms with van der Waals surface area (Å²) >= 11 is 1.80. The molecule has 4 rings (SSSR count). The van der Waals surface area contributed by atoms with Crippen LogP contribution in [0.15, 0.2) is 54.6 Å². The number of thioether (sulfide) groups is 1. The molecule has 0 bridgehead atoms. The third-order valence-corrected chi connectivity index (χ3v) is 7.41. The molecular formula is C23H25FN2O2S. The molecule has 2 aliphatic rings. The quantitative estimate of drug-likeness (QED) is 0.763. The van der Waals surface area contributed by atoms with Crippen molar-refractivity contribution in [1.29, 1.82) is 0 Å². The predicted molar refractivity (Wildman–Crippen MR) is 113 cm³/mol. The molecule has 1 spiro atoms. The minimum atomic E-state index is -0.393. The van der Waals surface area contributed by atoms with Crippen LogP contribution in [0.4, 0.5) is 4.39 Å². The van der Waals surface area contributed by atoms with E-state index in [2.05, 4.69) is 0 Å². The maximum atomic E-state index is 13.6. The van der Waals surface area contributed by atoms with Gasteiger partial charge in [0.05, 0.1) is 4.87 Å². The van der Waals surface area contributed by atoms with Crippen LogP contribution in [0, 0.1) is 5.82 Å². The van der Waals surface area contributed by atoms with Crippen LogP contribution < -0.4 is 0 Å². The van der Waals surface area contributed by atoms with Crippen molar-refractivity contribution in [3.63, 3.8) is 0 Å². The molecule has 2 aromatic carbocycles. The van der Waals surface area contributed by atoms with E-state index in [0.29, 0.717) is 31.6 Å². The first-order valence-electron chi connectivity index (χ1n) is 10.1. The Morgan fingerprint density at radius 3 is 2.48 bits per heavy atom. The molecule has 0 saturated carbocycles. The Morgan fingerprint density at radius 1 is 1.00 bits per heavy atom. The maximum Gasteiger partial charge on any atom is 0.255 e. The molecule has 0 N–H and O–H groups in total. The Morgan fingerprint density at radius 2 is 1.76 bits per heavy atom.